The molecule has 0 atom stereocenters. The lowest BCUT2D eigenvalue weighted by molar-refractivity contribution is 0.0949. The number of nitrogens with one attached hydrogen (secondary N) is 1. The maximum Gasteiger partial charge on any atom is 0.283 e. The summed E-state index contributed by atoms with van der Waals surface area (Å²) in [6, 6.07) is 3.46. The number of nitrogens with zero attached hydrogens (tertiary/aromatic N) is 2. The van der Waals surface area contributed by atoms with Gasteiger partial charge >= 0.3 is 0 Å². The molecule has 17 heavy (non-hydrogen) atoms. The number of nitrogens with two attached hydrogens (primary N) is 1. The number of aromatic nitrogens is 2. The smallest absolute Gasteiger partial charge is 0.283 e. The van der Waals surface area contributed by atoms with Crippen LogP contribution in [0.25, 0.3) is 10.9 Å². The van der Waals surface area contributed by atoms with E-state index in [9.17, 15) is 4.79 Å². The lowest BCUT2D eigenvalue weighted by Crippen LogP contribution is -2.30. The number of carbonyl (C=O) groups is 1. The highest BCUT2D eigenvalue weighted by Crippen LogP contribution is 2.22. The minimum atomic E-state index is -0.390. The highest BCUT2D eigenvalue weighted by atomic mass is 16.2. The number of pyridine rings is 2. The molecular weight excluding hydrogens is 216 g/mol. The third-order valence-corrected chi connectivity index (χ3v) is 2.61. The third kappa shape index (κ3) is 2.09. The highest BCUT2D eigenvalue weighted by Gasteiger charge is 2.10. The largest absolute Gasteiger partial charge is 0.289 e. The van der Waals surface area contributed by atoms with Crippen molar-refractivity contribution in [1.29, 1.82) is 0 Å². The average molecular weight is 230 g/mol. The van der Waals surface area contributed by atoms with Gasteiger partial charge in [-0.2, -0.15) is 0 Å². The molecule has 5 nitrogen and oxygen atoms in total. The molecule has 5 heteroatoms. The molecule has 0 bridgehead atoms. The zero-order valence-corrected chi connectivity index (χ0v) is 9.77. The van der Waals surface area contributed by atoms with Crippen molar-refractivity contribution in [1.82, 2.24) is 15.4 Å². The van der Waals surface area contributed by atoms with Gasteiger partial charge in [-0.1, -0.05) is 13.8 Å². The van der Waals surface area contributed by atoms with E-state index in [1.807, 2.05) is 6.07 Å². The van der Waals surface area contributed by atoms with Crippen LogP contribution in [0.4, 0.5) is 0 Å². The van der Waals surface area contributed by atoms with Crippen LogP contribution in [-0.2, 0) is 0 Å². The van der Waals surface area contributed by atoms with Gasteiger partial charge in [0.05, 0.1) is 5.52 Å². The van der Waals surface area contributed by atoms with E-state index < -0.39 is 5.91 Å². The second-order valence-corrected chi connectivity index (χ2v) is 4.13. The van der Waals surface area contributed by atoms with Gasteiger partial charge in [-0.15, -0.1) is 0 Å². The molecule has 0 aliphatic heterocycles. The normalized spacial score (nSPS) is 10.8. The maximum atomic E-state index is 11.4. The fraction of sp³-hybridized carbons (Fsp3) is 0.250. The summed E-state index contributed by atoms with van der Waals surface area (Å²) in [5, 5.41) is 0.921. The Balaban J connectivity index is 2.65. The number of hydrazine groups is 1. The summed E-state index contributed by atoms with van der Waals surface area (Å²) in [5.74, 6) is 5.00. The van der Waals surface area contributed by atoms with Crippen LogP contribution in [0.1, 0.15) is 35.8 Å². The Labute approximate surface area is 99.0 Å². The summed E-state index contributed by atoms with van der Waals surface area (Å²) in [6.45, 7) is 4.13. The molecule has 0 unspecified atom stereocenters. The minimum Gasteiger partial charge on any atom is -0.289 e. The molecule has 0 aliphatic rings. The van der Waals surface area contributed by atoms with Gasteiger partial charge in [-0.3, -0.25) is 15.2 Å². The molecule has 0 fully saturated rings. The van der Waals surface area contributed by atoms with Crippen molar-refractivity contribution < 1.29 is 4.79 Å². The first-order valence-electron chi connectivity index (χ1n) is 5.39. The van der Waals surface area contributed by atoms with Crippen LogP contribution < -0.4 is 11.3 Å². The Morgan fingerprint density at radius 1 is 1.35 bits per heavy atom. The van der Waals surface area contributed by atoms with Crippen molar-refractivity contribution in [3.8, 4) is 0 Å². The lowest BCUT2D eigenvalue weighted by atomic mass is 10.0. The van der Waals surface area contributed by atoms with Gasteiger partial charge < -0.3 is 0 Å². The summed E-state index contributed by atoms with van der Waals surface area (Å²) < 4.78 is 0. The fourth-order valence-corrected chi connectivity index (χ4v) is 1.69. The highest BCUT2D eigenvalue weighted by molar-refractivity contribution is 5.94. The van der Waals surface area contributed by atoms with E-state index >= 15 is 0 Å². The van der Waals surface area contributed by atoms with Crippen LogP contribution in [0.15, 0.2) is 24.5 Å². The van der Waals surface area contributed by atoms with Crippen molar-refractivity contribution in [3.63, 3.8) is 0 Å². The fourth-order valence-electron chi connectivity index (χ4n) is 1.69. The summed E-state index contributed by atoms with van der Waals surface area (Å²) in [7, 11) is 0. The Morgan fingerprint density at radius 2 is 2.12 bits per heavy atom. The van der Waals surface area contributed by atoms with Gasteiger partial charge in [0.1, 0.15) is 5.69 Å². The van der Waals surface area contributed by atoms with E-state index in [0.29, 0.717) is 11.6 Å². The predicted octanol–water partition coefficient (Wildman–Crippen LogP) is 1.36. The Morgan fingerprint density at radius 3 is 2.76 bits per heavy atom. The zero-order chi connectivity index (χ0) is 12.4. The van der Waals surface area contributed by atoms with E-state index in [1.54, 1.807) is 18.5 Å². The first kappa shape index (κ1) is 11.5. The number of nitrogen functional groups attached to an aromatic ring is 1. The molecule has 88 valence electrons. The molecule has 2 heterocycles. The average Bonchev–Trinajstić information content (AvgIpc) is 2.36. The van der Waals surface area contributed by atoms with Crippen LogP contribution in [0.5, 0.6) is 0 Å². The molecule has 0 spiro atoms. The van der Waals surface area contributed by atoms with Crippen molar-refractivity contribution in [2.24, 2.45) is 5.84 Å². The third-order valence-electron chi connectivity index (χ3n) is 2.61. The summed E-state index contributed by atoms with van der Waals surface area (Å²) in [5.41, 5.74) is 4.21. The van der Waals surface area contributed by atoms with Crippen LogP contribution in [0.2, 0.25) is 0 Å². The Kier molecular flexibility index (Phi) is 3.01. The Bertz CT molecular complexity index is 565. The quantitative estimate of drug-likeness (QED) is 0.463. The van der Waals surface area contributed by atoms with Gasteiger partial charge in [0, 0.05) is 17.8 Å². The summed E-state index contributed by atoms with van der Waals surface area (Å²) in [4.78, 5) is 19.9. The summed E-state index contributed by atoms with van der Waals surface area (Å²) in [6.07, 6.45) is 3.52. The second-order valence-electron chi connectivity index (χ2n) is 4.13. The number of hydrogen-bond acceptors (Lipinski definition) is 4. The SMILES string of the molecule is CC(C)c1cncc2ccc(C(=O)NN)nc12. The van der Waals surface area contributed by atoms with Gasteiger partial charge in [-0.05, 0) is 23.6 Å². The number of fused-ring (bicyclic) bond motifs is 1. The second kappa shape index (κ2) is 4.47. The molecule has 2 aromatic rings. The van der Waals surface area contributed by atoms with Crippen molar-refractivity contribution in [2.45, 2.75) is 19.8 Å². The molecule has 0 saturated heterocycles. The number of carbonyl (C=O) groups excluding carboxylic acids is 1. The zero-order valence-electron chi connectivity index (χ0n) is 9.77. The van der Waals surface area contributed by atoms with Crippen molar-refractivity contribution in [3.05, 3.63) is 35.8 Å². The van der Waals surface area contributed by atoms with E-state index in [4.69, 9.17) is 5.84 Å². The molecule has 2 aromatic heterocycles. The number of amides is 1. The van der Waals surface area contributed by atoms with Crippen LogP contribution >= 0.6 is 0 Å². The number of rotatable bonds is 2. The molecule has 3 N–H and O–H groups in total. The first-order valence-corrected chi connectivity index (χ1v) is 5.39. The van der Waals surface area contributed by atoms with Crippen LogP contribution in [0.3, 0.4) is 0 Å². The maximum absolute atomic E-state index is 11.4. The van der Waals surface area contributed by atoms with E-state index in [-0.39, 0.29) is 0 Å². The van der Waals surface area contributed by atoms with Gasteiger partial charge in [0.15, 0.2) is 0 Å². The Hall–Kier alpha value is -2.01. The van der Waals surface area contributed by atoms with Gasteiger partial charge in [-0.25, -0.2) is 10.8 Å². The molecule has 2 rings (SSSR count). The van der Waals surface area contributed by atoms with Crippen molar-refractivity contribution >= 4 is 16.8 Å². The predicted molar refractivity (Wildman–Crippen MR) is 65.3 cm³/mol. The van der Waals surface area contributed by atoms with Gasteiger partial charge in [0.2, 0.25) is 0 Å². The lowest BCUT2D eigenvalue weighted by Gasteiger charge is -2.09. The molecule has 1 amide bonds. The molecule has 0 radical (unpaired) electrons. The molecule has 0 saturated carbocycles. The molecular formula is C12H14N4O. The van der Waals surface area contributed by atoms with Gasteiger partial charge in [0.25, 0.3) is 5.91 Å². The first-order chi connectivity index (χ1) is 8.13. The van der Waals surface area contributed by atoms with E-state index in [2.05, 4.69) is 29.2 Å². The summed E-state index contributed by atoms with van der Waals surface area (Å²) >= 11 is 0. The monoisotopic (exact) mass is 230 g/mol. The van der Waals surface area contributed by atoms with Crippen LogP contribution in [-0.4, -0.2) is 15.9 Å². The molecule has 0 aliphatic carbocycles. The standard InChI is InChI=1S/C12H14N4O/c1-7(2)9-6-14-5-8-3-4-10(12(17)16-13)15-11(8)9/h3-7H,13H2,1-2H3,(H,16,17). The van der Waals surface area contributed by atoms with Crippen LogP contribution in [0, 0.1) is 0 Å². The topological polar surface area (TPSA) is 80.9 Å². The van der Waals surface area contributed by atoms with E-state index in [0.717, 1.165) is 16.5 Å². The van der Waals surface area contributed by atoms with E-state index in [1.165, 1.54) is 0 Å². The number of hydrogen-bond donors (Lipinski definition) is 2. The minimum absolute atomic E-state index is 0.301. The molecule has 0 aromatic carbocycles. The van der Waals surface area contributed by atoms with Crippen molar-refractivity contribution in [2.75, 3.05) is 0 Å².